The standard InChI is InChI=1S/C13H12O6/c1-7(13(16)17)18-6-8-4-12(15)19-11-5-9(14)2-3-10(8)11/h2-5,7,14H,6H2,1H3,(H,16,17)/t7-/m0/s1. The Morgan fingerprint density at radius 2 is 2.16 bits per heavy atom. The molecule has 0 unspecified atom stereocenters. The van der Waals surface area contributed by atoms with Crippen LogP contribution in [0.4, 0.5) is 0 Å². The molecule has 1 aromatic heterocycles. The van der Waals surface area contributed by atoms with Gasteiger partial charge in [-0.1, -0.05) is 0 Å². The van der Waals surface area contributed by atoms with Crippen LogP contribution in [-0.2, 0) is 16.1 Å². The van der Waals surface area contributed by atoms with Crippen LogP contribution in [0.5, 0.6) is 5.75 Å². The Hall–Kier alpha value is -2.34. The van der Waals surface area contributed by atoms with Crippen molar-refractivity contribution >= 4 is 16.9 Å². The third-order valence-electron chi connectivity index (χ3n) is 2.65. The summed E-state index contributed by atoms with van der Waals surface area (Å²) < 4.78 is 10.1. The van der Waals surface area contributed by atoms with Gasteiger partial charge in [-0.05, 0) is 24.6 Å². The Morgan fingerprint density at radius 1 is 1.42 bits per heavy atom. The summed E-state index contributed by atoms with van der Waals surface area (Å²) >= 11 is 0. The summed E-state index contributed by atoms with van der Waals surface area (Å²) in [6.45, 7) is 1.38. The second-order valence-corrected chi connectivity index (χ2v) is 4.06. The Balaban J connectivity index is 2.37. The topological polar surface area (TPSA) is 97.0 Å². The van der Waals surface area contributed by atoms with Gasteiger partial charge >= 0.3 is 11.6 Å². The molecule has 0 bridgehead atoms. The lowest BCUT2D eigenvalue weighted by molar-refractivity contribution is -0.149. The fraction of sp³-hybridized carbons (Fsp3) is 0.231. The highest BCUT2D eigenvalue weighted by molar-refractivity contribution is 5.81. The lowest BCUT2D eigenvalue weighted by Crippen LogP contribution is -2.19. The average Bonchev–Trinajstić information content (AvgIpc) is 2.34. The summed E-state index contributed by atoms with van der Waals surface area (Å²) in [5, 5.41) is 18.7. The molecule has 0 aliphatic heterocycles. The molecule has 1 aromatic carbocycles. The molecule has 6 heteroatoms. The molecule has 2 aromatic rings. The van der Waals surface area contributed by atoms with Crippen LogP contribution in [0.2, 0.25) is 0 Å². The summed E-state index contributed by atoms with van der Waals surface area (Å²) in [4.78, 5) is 22.0. The summed E-state index contributed by atoms with van der Waals surface area (Å²) in [5.41, 5.74) is 0.160. The maximum absolute atomic E-state index is 11.4. The van der Waals surface area contributed by atoms with E-state index in [1.54, 1.807) is 6.07 Å². The van der Waals surface area contributed by atoms with E-state index >= 15 is 0 Å². The van der Waals surface area contributed by atoms with Crippen LogP contribution in [0.1, 0.15) is 12.5 Å². The third-order valence-corrected chi connectivity index (χ3v) is 2.65. The quantitative estimate of drug-likeness (QED) is 0.812. The van der Waals surface area contributed by atoms with Crippen LogP contribution in [0.25, 0.3) is 11.0 Å². The average molecular weight is 264 g/mol. The molecule has 100 valence electrons. The van der Waals surface area contributed by atoms with Crippen molar-refractivity contribution in [1.82, 2.24) is 0 Å². The van der Waals surface area contributed by atoms with Gasteiger partial charge in [0.25, 0.3) is 0 Å². The van der Waals surface area contributed by atoms with Gasteiger partial charge in [-0.25, -0.2) is 9.59 Å². The molecule has 2 N–H and O–H groups in total. The van der Waals surface area contributed by atoms with Gasteiger partial charge in [-0.15, -0.1) is 0 Å². The van der Waals surface area contributed by atoms with Crippen molar-refractivity contribution in [2.24, 2.45) is 0 Å². The largest absolute Gasteiger partial charge is 0.508 e. The van der Waals surface area contributed by atoms with Gasteiger partial charge in [0.1, 0.15) is 11.3 Å². The fourth-order valence-corrected chi connectivity index (χ4v) is 1.62. The number of fused-ring (bicyclic) bond motifs is 1. The van der Waals surface area contributed by atoms with Gasteiger partial charge < -0.3 is 19.4 Å². The van der Waals surface area contributed by atoms with Crippen molar-refractivity contribution in [3.63, 3.8) is 0 Å². The van der Waals surface area contributed by atoms with Crippen molar-refractivity contribution in [2.75, 3.05) is 0 Å². The first-order chi connectivity index (χ1) is 8.97. The van der Waals surface area contributed by atoms with Crippen molar-refractivity contribution in [3.05, 3.63) is 40.2 Å². The van der Waals surface area contributed by atoms with Crippen LogP contribution < -0.4 is 5.63 Å². The number of carboxylic acids is 1. The van der Waals surface area contributed by atoms with Crippen molar-refractivity contribution in [3.8, 4) is 5.75 Å². The van der Waals surface area contributed by atoms with Crippen molar-refractivity contribution < 1.29 is 24.2 Å². The SMILES string of the molecule is C[C@H](OCc1cc(=O)oc2cc(O)ccc12)C(=O)O. The lowest BCUT2D eigenvalue weighted by Gasteiger charge is -2.09. The number of benzene rings is 1. The van der Waals surface area contributed by atoms with E-state index in [2.05, 4.69) is 0 Å². The number of rotatable bonds is 4. The molecule has 1 atom stereocenters. The zero-order chi connectivity index (χ0) is 14.0. The minimum absolute atomic E-state index is 0.0207. The summed E-state index contributed by atoms with van der Waals surface area (Å²) in [6.07, 6.45) is -0.973. The molecule has 0 saturated heterocycles. The smallest absolute Gasteiger partial charge is 0.336 e. The number of aliphatic carboxylic acids is 1. The highest BCUT2D eigenvalue weighted by Crippen LogP contribution is 2.22. The second kappa shape index (κ2) is 5.11. The van der Waals surface area contributed by atoms with E-state index in [-0.39, 0.29) is 17.9 Å². The second-order valence-electron chi connectivity index (χ2n) is 4.06. The van der Waals surface area contributed by atoms with Gasteiger partial charge in [0.15, 0.2) is 6.10 Å². The number of hydrogen-bond acceptors (Lipinski definition) is 5. The molecule has 0 aliphatic rings. The molecule has 0 amide bonds. The molecule has 0 saturated carbocycles. The van der Waals surface area contributed by atoms with Crippen molar-refractivity contribution in [2.45, 2.75) is 19.6 Å². The Kier molecular flexibility index (Phi) is 3.52. The Labute approximate surface area is 107 Å². The normalized spacial score (nSPS) is 12.5. The lowest BCUT2D eigenvalue weighted by atomic mass is 10.1. The van der Waals surface area contributed by atoms with Gasteiger partial charge in [-0.2, -0.15) is 0 Å². The molecule has 1 heterocycles. The van der Waals surface area contributed by atoms with E-state index in [1.807, 2.05) is 0 Å². The van der Waals surface area contributed by atoms with Gasteiger partial charge in [0, 0.05) is 17.5 Å². The van der Waals surface area contributed by atoms with E-state index in [1.165, 1.54) is 25.1 Å². The van der Waals surface area contributed by atoms with Gasteiger partial charge in [-0.3, -0.25) is 0 Å². The fourth-order valence-electron chi connectivity index (χ4n) is 1.62. The molecule has 0 fully saturated rings. The van der Waals surface area contributed by atoms with Crippen LogP contribution in [0, 0.1) is 0 Å². The number of phenolic OH excluding ortho intramolecular Hbond substituents is 1. The Morgan fingerprint density at radius 3 is 2.84 bits per heavy atom. The molecule has 6 nitrogen and oxygen atoms in total. The predicted molar refractivity (Wildman–Crippen MR) is 66.0 cm³/mol. The van der Waals surface area contributed by atoms with E-state index in [0.717, 1.165) is 0 Å². The van der Waals surface area contributed by atoms with E-state index in [4.69, 9.17) is 14.3 Å². The van der Waals surface area contributed by atoms with E-state index < -0.39 is 17.7 Å². The first-order valence-electron chi connectivity index (χ1n) is 5.57. The molecule has 0 aliphatic carbocycles. The predicted octanol–water partition coefficient (Wildman–Crippen LogP) is 1.49. The number of phenols is 1. The highest BCUT2D eigenvalue weighted by Gasteiger charge is 2.13. The minimum atomic E-state index is -1.08. The van der Waals surface area contributed by atoms with Crippen LogP contribution in [-0.4, -0.2) is 22.3 Å². The van der Waals surface area contributed by atoms with Gasteiger partial charge in [0.05, 0.1) is 6.61 Å². The maximum Gasteiger partial charge on any atom is 0.336 e. The molecule has 0 radical (unpaired) electrons. The van der Waals surface area contributed by atoms with Crippen LogP contribution in [0.15, 0.2) is 33.5 Å². The molecular weight excluding hydrogens is 252 g/mol. The minimum Gasteiger partial charge on any atom is -0.508 e. The summed E-state index contributed by atoms with van der Waals surface area (Å²) in [5.74, 6) is -1.10. The van der Waals surface area contributed by atoms with Gasteiger partial charge in [0.2, 0.25) is 0 Å². The first kappa shape index (κ1) is 13.1. The van der Waals surface area contributed by atoms with Crippen molar-refractivity contribution in [1.29, 1.82) is 0 Å². The molecule has 0 spiro atoms. The van der Waals surface area contributed by atoms with E-state index in [0.29, 0.717) is 10.9 Å². The zero-order valence-corrected chi connectivity index (χ0v) is 10.1. The maximum atomic E-state index is 11.4. The first-order valence-corrected chi connectivity index (χ1v) is 5.57. The third kappa shape index (κ3) is 2.92. The van der Waals surface area contributed by atoms with E-state index in [9.17, 15) is 14.7 Å². The number of hydrogen-bond donors (Lipinski definition) is 2. The monoisotopic (exact) mass is 264 g/mol. The molecule has 19 heavy (non-hydrogen) atoms. The number of ether oxygens (including phenoxy) is 1. The number of carboxylic acid groups (broad SMARTS) is 1. The number of carbonyl (C=O) groups is 1. The van der Waals surface area contributed by atoms with Crippen LogP contribution >= 0.6 is 0 Å². The van der Waals surface area contributed by atoms with Crippen LogP contribution in [0.3, 0.4) is 0 Å². The number of aromatic hydroxyl groups is 1. The zero-order valence-electron chi connectivity index (χ0n) is 10.1. The molecule has 2 rings (SSSR count). The Bertz CT molecular complexity index is 672. The summed E-state index contributed by atoms with van der Waals surface area (Å²) in [6, 6.07) is 5.60. The molecular formula is C13H12O6. The summed E-state index contributed by atoms with van der Waals surface area (Å²) in [7, 11) is 0. The highest BCUT2D eigenvalue weighted by atomic mass is 16.5.